The van der Waals surface area contributed by atoms with Crippen molar-refractivity contribution in [2.45, 2.75) is 18.1 Å². The molecule has 0 fully saturated rings. The highest BCUT2D eigenvalue weighted by Crippen LogP contribution is 2.20. The van der Waals surface area contributed by atoms with E-state index < -0.39 is 0 Å². The fourth-order valence-corrected chi connectivity index (χ4v) is 1.39. The smallest absolute Gasteiger partial charge is 0.0113 e. The molecule has 0 N–H and O–H groups in total. The molecule has 1 aliphatic carbocycles. The Morgan fingerprint density at radius 3 is 2.29 bits per heavy atom. The zero-order valence-electron chi connectivity index (χ0n) is 4.55. The molecule has 7 heavy (non-hydrogen) atoms. The average Bonchev–Trinajstić information content (AvgIpc) is 2.14. The third kappa shape index (κ3) is 1.23. The quantitative estimate of drug-likeness (QED) is 0.470. The first-order valence-corrected chi connectivity index (χ1v) is 3.90. The Morgan fingerprint density at radius 2 is 2.00 bits per heavy atom. The van der Waals surface area contributed by atoms with Gasteiger partial charge < -0.3 is 0 Å². The van der Waals surface area contributed by atoms with Gasteiger partial charge in [0, 0.05) is 5.25 Å². The molecule has 1 heteroatoms. The van der Waals surface area contributed by atoms with E-state index in [0.717, 1.165) is 5.25 Å². The molecule has 1 aliphatic rings. The Labute approximate surface area is 49.0 Å². The molecule has 0 bridgehead atoms. The van der Waals surface area contributed by atoms with Crippen molar-refractivity contribution < 1.29 is 0 Å². The summed E-state index contributed by atoms with van der Waals surface area (Å²) >= 11 is 1.97. The van der Waals surface area contributed by atoms with Gasteiger partial charge >= 0.3 is 0 Å². The first kappa shape index (κ1) is 5.23. The largest absolute Gasteiger partial charge is 0.161 e. The van der Waals surface area contributed by atoms with E-state index in [2.05, 4.69) is 18.4 Å². The van der Waals surface area contributed by atoms with Gasteiger partial charge in [0.25, 0.3) is 0 Å². The molecular formula is C6H10S. The Balaban J connectivity index is 2.22. The predicted molar refractivity (Wildman–Crippen MR) is 35.7 cm³/mol. The number of rotatable bonds is 1. The topological polar surface area (TPSA) is 0 Å². The maximum Gasteiger partial charge on any atom is 0.0113 e. The van der Waals surface area contributed by atoms with E-state index in [9.17, 15) is 0 Å². The number of allylic oxidation sites excluding steroid dienone is 2. The van der Waals surface area contributed by atoms with Crippen molar-refractivity contribution in [2.24, 2.45) is 0 Å². The van der Waals surface area contributed by atoms with Crippen LogP contribution in [0.5, 0.6) is 0 Å². The summed E-state index contributed by atoms with van der Waals surface area (Å²) in [6.45, 7) is 0. The van der Waals surface area contributed by atoms with E-state index in [4.69, 9.17) is 0 Å². The molecule has 0 nitrogen and oxygen atoms in total. The van der Waals surface area contributed by atoms with Crippen molar-refractivity contribution in [3.63, 3.8) is 0 Å². The molecule has 0 spiro atoms. The van der Waals surface area contributed by atoms with Crippen molar-refractivity contribution in [1.82, 2.24) is 0 Å². The monoisotopic (exact) mass is 114 g/mol. The summed E-state index contributed by atoms with van der Waals surface area (Å²) in [5.74, 6) is 0. The Bertz CT molecular complexity index is 68.2. The van der Waals surface area contributed by atoms with Gasteiger partial charge in [-0.15, -0.1) is 0 Å². The van der Waals surface area contributed by atoms with Crippen LogP contribution in [-0.4, -0.2) is 11.5 Å². The minimum absolute atomic E-state index is 0.903. The van der Waals surface area contributed by atoms with E-state index in [1.165, 1.54) is 12.8 Å². The molecule has 1 rings (SSSR count). The molecule has 0 unspecified atom stereocenters. The standard InChI is InChI=1S/C6H10S/c1-7-6-4-2-3-5-6/h2-3,6H,4-5H2,1H3. The van der Waals surface area contributed by atoms with Crippen molar-refractivity contribution in [3.8, 4) is 0 Å². The van der Waals surface area contributed by atoms with Crippen LogP contribution in [0.4, 0.5) is 0 Å². The van der Waals surface area contributed by atoms with Gasteiger partial charge in [-0.3, -0.25) is 0 Å². The lowest BCUT2D eigenvalue weighted by Crippen LogP contribution is -1.90. The van der Waals surface area contributed by atoms with Crippen LogP contribution >= 0.6 is 11.8 Å². The number of hydrogen-bond donors (Lipinski definition) is 0. The van der Waals surface area contributed by atoms with Crippen LogP contribution < -0.4 is 0 Å². The molecule has 0 aliphatic heterocycles. The molecule has 40 valence electrons. The molecular weight excluding hydrogens is 104 g/mol. The highest BCUT2D eigenvalue weighted by molar-refractivity contribution is 7.99. The summed E-state index contributed by atoms with van der Waals surface area (Å²) < 4.78 is 0. The van der Waals surface area contributed by atoms with E-state index in [1.54, 1.807) is 0 Å². The fraction of sp³-hybridized carbons (Fsp3) is 0.667. The van der Waals surface area contributed by atoms with Crippen LogP contribution in [0.1, 0.15) is 12.8 Å². The molecule has 0 amide bonds. The normalized spacial score (nSPS) is 21.3. The molecule has 0 radical (unpaired) electrons. The van der Waals surface area contributed by atoms with Crippen molar-refractivity contribution in [3.05, 3.63) is 12.2 Å². The lowest BCUT2D eigenvalue weighted by Gasteiger charge is -2.00. The molecule has 0 saturated carbocycles. The Morgan fingerprint density at radius 1 is 1.43 bits per heavy atom. The number of hydrogen-bond acceptors (Lipinski definition) is 1. The maximum atomic E-state index is 2.27. The van der Waals surface area contributed by atoms with Crippen LogP contribution in [0.15, 0.2) is 12.2 Å². The van der Waals surface area contributed by atoms with Gasteiger partial charge in [-0.1, -0.05) is 12.2 Å². The SMILES string of the molecule is CSC1CC=CC1. The van der Waals surface area contributed by atoms with Crippen LogP contribution in [0.25, 0.3) is 0 Å². The van der Waals surface area contributed by atoms with Crippen LogP contribution in [0.3, 0.4) is 0 Å². The maximum absolute atomic E-state index is 2.27. The fourth-order valence-electron chi connectivity index (χ4n) is 0.785. The second kappa shape index (κ2) is 2.41. The molecule has 0 saturated heterocycles. The van der Waals surface area contributed by atoms with Gasteiger partial charge in [-0.2, -0.15) is 11.8 Å². The second-order valence-electron chi connectivity index (χ2n) is 1.80. The molecule has 0 atom stereocenters. The first-order chi connectivity index (χ1) is 3.43. The van der Waals surface area contributed by atoms with Crippen LogP contribution in [-0.2, 0) is 0 Å². The van der Waals surface area contributed by atoms with Gasteiger partial charge in [-0.05, 0) is 19.1 Å². The van der Waals surface area contributed by atoms with Gasteiger partial charge in [0.05, 0.1) is 0 Å². The van der Waals surface area contributed by atoms with Crippen molar-refractivity contribution >= 4 is 11.8 Å². The predicted octanol–water partition coefficient (Wildman–Crippen LogP) is 2.07. The minimum Gasteiger partial charge on any atom is -0.161 e. The van der Waals surface area contributed by atoms with E-state index in [0.29, 0.717) is 0 Å². The zero-order valence-corrected chi connectivity index (χ0v) is 5.37. The summed E-state index contributed by atoms with van der Waals surface area (Å²) in [4.78, 5) is 0. The van der Waals surface area contributed by atoms with Gasteiger partial charge in [-0.25, -0.2) is 0 Å². The van der Waals surface area contributed by atoms with Gasteiger partial charge in [0.2, 0.25) is 0 Å². The lowest BCUT2D eigenvalue weighted by atomic mass is 10.4. The van der Waals surface area contributed by atoms with E-state index >= 15 is 0 Å². The van der Waals surface area contributed by atoms with Gasteiger partial charge in [0.15, 0.2) is 0 Å². The zero-order chi connectivity index (χ0) is 5.11. The van der Waals surface area contributed by atoms with Crippen LogP contribution in [0.2, 0.25) is 0 Å². The molecule has 0 heterocycles. The minimum atomic E-state index is 0.903. The van der Waals surface area contributed by atoms with Crippen molar-refractivity contribution in [2.75, 3.05) is 6.26 Å². The molecule has 0 aromatic heterocycles. The average molecular weight is 114 g/mol. The molecule has 0 aromatic carbocycles. The van der Waals surface area contributed by atoms with Crippen molar-refractivity contribution in [1.29, 1.82) is 0 Å². The third-order valence-corrected chi connectivity index (χ3v) is 2.35. The summed E-state index contributed by atoms with van der Waals surface area (Å²) in [6.07, 6.45) is 9.29. The van der Waals surface area contributed by atoms with E-state index in [1.807, 2.05) is 11.8 Å². The Hall–Kier alpha value is 0.0900. The highest BCUT2D eigenvalue weighted by atomic mass is 32.2. The third-order valence-electron chi connectivity index (χ3n) is 1.30. The van der Waals surface area contributed by atoms with Crippen LogP contribution in [0, 0.1) is 0 Å². The summed E-state index contributed by atoms with van der Waals surface area (Å²) in [5.41, 5.74) is 0. The highest BCUT2D eigenvalue weighted by Gasteiger charge is 2.05. The lowest BCUT2D eigenvalue weighted by molar-refractivity contribution is 0.956. The Kier molecular flexibility index (Phi) is 1.80. The van der Waals surface area contributed by atoms with E-state index in [-0.39, 0.29) is 0 Å². The second-order valence-corrected chi connectivity index (χ2v) is 2.94. The summed E-state index contributed by atoms with van der Waals surface area (Å²) in [7, 11) is 0. The number of thioether (sulfide) groups is 1. The first-order valence-electron chi connectivity index (χ1n) is 2.61. The summed E-state index contributed by atoms with van der Waals surface area (Å²) in [5, 5.41) is 0.903. The van der Waals surface area contributed by atoms with Gasteiger partial charge in [0.1, 0.15) is 0 Å². The molecule has 0 aromatic rings. The summed E-state index contributed by atoms with van der Waals surface area (Å²) in [6, 6.07) is 0.